The molecule has 0 fully saturated rings. The number of ether oxygens (including phenoxy) is 2. The highest BCUT2D eigenvalue weighted by atomic mass is 35.5. The van der Waals surface area contributed by atoms with Crippen molar-refractivity contribution in [3.8, 4) is 22.8 Å². The first-order valence-corrected chi connectivity index (χ1v) is 9.41. The van der Waals surface area contributed by atoms with Gasteiger partial charge in [-0.1, -0.05) is 11.6 Å². The minimum Gasteiger partial charge on any atom is -0.497 e. The van der Waals surface area contributed by atoms with Crippen molar-refractivity contribution in [1.82, 2.24) is 4.98 Å². The van der Waals surface area contributed by atoms with Crippen LogP contribution >= 0.6 is 22.9 Å². The molecular weight excluding hydrogens is 386 g/mol. The van der Waals surface area contributed by atoms with Crippen molar-refractivity contribution < 1.29 is 14.3 Å². The van der Waals surface area contributed by atoms with Gasteiger partial charge in [0.05, 0.1) is 18.5 Å². The minimum absolute atomic E-state index is 0.000769. The second kappa shape index (κ2) is 7.09. The van der Waals surface area contributed by atoms with Gasteiger partial charge in [-0.25, -0.2) is 4.98 Å². The van der Waals surface area contributed by atoms with Crippen molar-refractivity contribution in [2.75, 3.05) is 31.0 Å². The summed E-state index contributed by atoms with van der Waals surface area (Å²) in [4.78, 5) is 18.1. The number of hydrogen-bond acceptors (Lipinski definition) is 6. The lowest BCUT2D eigenvalue weighted by atomic mass is 10.1. The van der Waals surface area contributed by atoms with Crippen molar-refractivity contribution in [3.05, 3.63) is 46.8 Å². The summed E-state index contributed by atoms with van der Waals surface area (Å²) < 4.78 is 10.8. The first kappa shape index (κ1) is 17.6. The van der Waals surface area contributed by atoms with E-state index in [2.05, 4.69) is 10.3 Å². The smallest absolute Gasteiger partial charge is 0.264 e. The van der Waals surface area contributed by atoms with Gasteiger partial charge in [0.2, 0.25) is 0 Å². The molecule has 1 amide bonds. The Balaban J connectivity index is 1.65. The zero-order chi connectivity index (χ0) is 19.0. The van der Waals surface area contributed by atoms with Crippen LogP contribution in [0.3, 0.4) is 0 Å². The number of aromatic nitrogens is 1. The van der Waals surface area contributed by atoms with Crippen LogP contribution in [-0.2, 0) is 4.79 Å². The number of carbonyl (C=O) groups excluding carboxylic acids is 1. The fraction of sp³-hybridized carbons (Fsp3) is 0.158. The van der Waals surface area contributed by atoms with E-state index in [-0.39, 0.29) is 12.5 Å². The van der Waals surface area contributed by atoms with E-state index in [9.17, 15) is 4.79 Å². The Morgan fingerprint density at radius 1 is 1.30 bits per heavy atom. The third-order valence-electron chi connectivity index (χ3n) is 4.23. The molecule has 0 atom stereocenters. The number of thiazole rings is 1. The van der Waals surface area contributed by atoms with Gasteiger partial charge in [-0.2, -0.15) is 0 Å². The maximum atomic E-state index is 11.9. The third kappa shape index (κ3) is 3.43. The molecular formula is C19H16ClN3O3S. The number of benzene rings is 2. The summed E-state index contributed by atoms with van der Waals surface area (Å²) in [6.07, 6.45) is 0. The summed E-state index contributed by atoms with van der Waals surface area (Å²) in [5, 5.41) is 6.46. The predicted octanol–water partition coefficient (Wildman–Crippen LogP) is 4.57. The van der Waals surface area contributed by atoms with Crippen molar-refractivity contribution in [2.45, 2.75) is 0 Å². The number of halogens is 1. The van der Waals surface area contributed by atoms with Gasteiger partial charge in [-0.05, 0) is 36.4 Å². The van der Waals surface area contributed by atoms with Crippen LogP contribution in [0.4, 0.5) is 16.5 Å². The molecule has 6 nitrogen and oxygen atoms in total. The molecule has 1 N–H and O–H groups in total. The SMILES string of the molecule is COc1ccc(Nc2nc(-c3cc(Cl)cc4c3OCC(=O)N4C)cs2)cc1. The Labute approximate surface area is 165 Å². The Bertz CT molecular complexity index is 1000. The standard InChI is InChI=1S/C19H16ClN3O3S/c1-23-16-8-11(20)7-14(18(16)26-9-17(23)24)15-10-27-19(22-15)21-12-3-5-13(25-2)6-4-12/h3-8,10H,9H2,1-2H3,(H,21,22). The number of nitrogens with one attached hydrogen (secondary N) is 1. The minimum atomic E-state index is -0.115. The van der Waals surface area contributed by atoms with Crippen molar-refractivity contribution in [3.63, 3.8) is 0 Å². The van der Waals surface area contributed by atoms with Crippen LogP contribution < -0.4 is 19.7 Å². The summed E-state index contributed by atoms with van der Waals surface area (Å²) in [5.74, 6) is 1.29. The van der Waals surface area contributed by atoms with Crippen LogP contribution in [0.1, 0.15) is 0 Å². The van der Waals surface area contributed by atoms with E-state index in [0.29, 0.717) is 16.5 Å². The van der Waals surface area contributed by atoms with Crippen molar-refractivity contribution in [1.29, 1.82) is 0 Å². The Hall–Kier alpha value is -2.77. The Kier molecular flexibility index (Phi) is 4.63. The predicted molar refractivity (Wildman–Crippen MR) is 108 cm³/mol. The van der Waals surface area contributed by atoms with Crippen LogP contribution in [0.5, 0.6) is 11.5 Å². The Morgan fingerprint density at radius 3 is 2.81 bits per heavy atom. The molecule has 0 aliphatic carbocycles. The number of hydrogen-bond donors (Lipinski definition) is 1. The molecule has 0 saturated heterocycles. The van der Waals surface area contributed by atoms with Crippen LogP contribution in [0.25, 0.3) is 11.3 Å². The van der Waals surface area contributed by atoms with Gasteiger partial charge in [-0.15, -0.1) is 11.3 Å². The molecule has 2 aromatic carbocycles. The zero-order valence-electron chi connectivity index (χ0n) is 14.7. The molecule has 1 aromatic heterocycles. The summed E-state index contributed by atoms with van der Waals surface area (Å²) >= 11 is 7.74. The van der Waals surface area contributed by atoms with Gasteiger partial charge in [-0.3, -0.25) is 4.79 Å². The highest BCUT2D eigenvalue weighted by Gasteiger charge is 2.26. The average molecular weight is 402 g/mol. The maximum Gasteiger partial charge on any atom is 0.264 e. The van der Waals surface area contributed by atoms with Gasteiger partial charge >= 0.3 is 0 Å². The molecule has 1 aliphatic heterocycles. The summed E-state index contributed by atoms with van der Waals surface area (Å²) in [6.45, 7) is -0.000769. The number of nitrogens with zero attached hydrogens (tertiary/aromatic N) is 2. The van der Waals surface area contributed by atoms with Crippen molar-refractivity contribution >= 4 is 45.4 Å². The topological polar surface area (TPSA) is 63.7 Å². The van der Waals surface area contributed by atoms with Crippen LogP contribution in [-0.4, -0.2) is 31.7 Å². The van der Waals surface area contributed by atoms with Gasteiger partial charge in [0.25, 0.3) is 5.91 Å². The fourth-order valence-electron chi connectivity index (χ4n) is 2.79. The van der Waals surface area contributed by atoms with Crippen LogP contribution in [0, 0.1) is 0 Å². The number of methoxy groups -OCH3 is 1. The molecule has 8 heteroatoms. The van der Waals surface area contributed by atoms with Crippen molar-refractivity contribution in [2.24, 2.45) is 0 Å². The summed E-state index contributed by atoms with van der Waals surface area (Å²) in [5.41, 5.74) is 3.05. The fourth-order valence-corrected chi connectivity index (χ4v) is 3.73. The molecule has 3 aromatic rings. The van der Waals surface area contributed by atoms with Gasteiger partial charge in [0, 0.05) is 28.7 Å². The monoisotopic (exact) mass is 401 g/mol. The maximum absolute atomic E-state index is 11.9. The summed E-state index contributed by atoms with van der Waals surface area (Å²) in [6, 6.07) is 11.1. The lowest BCUT2D eigenvalue weighted by Gasteiger charge is -2.27. The highest BCUT2D eigenvalue weighted by Crippen LogP contribution is 2.43. The average Bonchev–Trinajstić information content (AvgIpc) is 3.13. The number of rotatable bonds is 4. The van der Waals surface area contributed by atoms with E-state index in [1.54, 1.807) is 31.2 Å². The molecule has 2 heterocycles. The Morgan fingerprint density at radius 2 is 2.07 bits per heavy atom. The summed E-state index contributed by atoms with van der Waals surface area (Å²) in [7, 11) is 3.34. The first-order chi connectivity index (χ1) is 13.0. The third-order valence-corrected chi connectivity index (χ3v) is 5.21. The molecule has 0 radical (unpaired) electrons. The normalized spacial score (nSPS) is 13.1. The van der Waals surface area contributed by atoms with Gasteiger partial charge in [0.15, 0.2) is 17.5 Å². The number of carbonyl (C=O) groups is 1. The molecule has 0 bridgehead atoms. The van der Waals surface area contributed by atoms with Gasteiger partial charge in [0.1, 0.15) is 5.75 Å². The number of fused-ring (bicyclic) bond motifs is 1. The van der Waals surface area contributed by atoms with E-state index in [0.717, 1.165) is 27.8 Å². The van der Waals surface area contributed by atoms with E-state index in [1.165, 1.54) is 11.3 Å². The molecule has 1 aliphatic rings. The zero-order valence-corrected chi connectivity index (χ0v) is 16.2. The lowest BCUT2D eigenvalue weighted by Crippen LogP contribution is -2.35. The molecule has 0 saturated carbocycles. The molecule has 27 heavy (non-hydrogen) atoms. The quantitative estimate of drug-likeness (QED) is 0.693. The van der Waals surface area contributed by atoms with Crippen LogP contribution in [0.15, 0.2) is 41.8 Å². The number of anilines is 3. The molecule has 0 unspecified atom stereocenters. The van der Waals surface area contributed by atoms with Gasteiger partial charge < -0.3 is 19.7 Å². The van der Waals surface area contributed by atoms with E-state index in [1.807, 2.05) is 29.6 Å². The first-order valence-electron chi connectivity index (χ1n) is 8.15. The number of amides is 1. The molecule has 0 spiro atoms. The van der Waals surface area contributed by atoms with Crippen LogP contribution in [0.2, 0.25) is 5.02 Å². The second-order valence-electron chi connectivity index (χ2n) is 5.93. The molecule has 4 rings (SSSR count). The largest absolute Gasteiger partial charge is 0.497 e. The van der Waals surface area contributed by atoms with E-state index in [4.69, 9.17) is 21.1 Å². The molecule has 138 valence electrons. The second-order valence-corrected chi connectivity index (χ2v) is 7.23. The van der Waals surface area contributed by atoms with E-state index >= 15 is 0 Å². The number of likely N-dealkylation sites (N-methyl/N-ethyl adjacent to an activating group) is 1. The van der Waals surface area contributed by atoms with E-state index < -0.39 is 0 Å². The highest BCUT2D eigenvalue weighted by molar-refractivity contribution is 7.14. The lowest BCUT2D eigenvalue weighted by molar-refractivity contribution is -0.120.